The van der Waals surface area contributed by atoms with Gasteiger partial charge in [0.2, 0.25) is 0 Å². The number of para-hydroxylation sites is 1. The molecule has 0 aromatic heterocycles. The van der Waals surface area contributed by atoms with Crippen LogP contribution in [0.4, 0.5) is 0 Å². The number of aliphatic hydroxyl groups excluding tert-OH is 1. The van der Waals surface area contributed by atoms with E-state index in [1.165, 1.54) is 0 Å². The third kappa shape index (κ3) is 3.24. The van der Waals surface area contributed by atoms with Gasteiger partial charge in [-0.25, -0.2) is 0 Å². The van der Waals surface area contributed by atoms with Crippen molar-refractivity contribution in [3.05, 3.63) is 24.3 Å². The van der Waals surface area contributed by atoms with Crippen LogP contribution < -0.4 is 4.74 Å². The summed E-state index contributed by atoms with van der Waals surface area (Å²) in [6.07, 6.45) is 0.562. The highest BCUT2D eigenvalue weighted by Gasteiger charge is 2.05. The molecule has 1 atom stereocenters. The van der Waals surface area contributed by atoms with Crippen LogP contribution in [0.3, 0.4) is 0 Å². The van der Waals surface area contributed by atoms with E-state index < -0.39 is 0 Å². The molecule has 2 nitrogen and oxygen atoms in total. The van der Waals surface area contributed by atoms with Crippen LogP contribution in [0.15, 0.2) is 29.2 Å². The van der Waals surface area contributed by atoms with E-state index in [4.69, 9.17) is 4.74 Å². The minimum Gasteiger partial charge on any atom is -0.496 e. The topological polar surface area (TPSA) is 29.5 Å². The molecule has 0 aliphatic rings. The van der Waals surface area contributed by atoms with Crippen molar-refractivity contribution >= 4 is 11.8 Å². The summed E-state index contributed by atoms with van der Waals surface area (Å²) >= 11 is 1.63. The average molecular weight is 212 g/mol. The Hall–Kier alpha value is -0.670. The Balaban J connectivity index is 2.57. The first-order valence-electron chi connectivity index (χ1n) is 4.71. The second-order valence-corrected chi connectivity index (χ2v) is 4.09. The molecule has 0 aliphatic carbocycles. The molecule has 1 N–H and O–H groups in total. The third-order valence-electron chi connectivity index (χ3n) is 1.97. The van der Waals surface area contributed by atoms with E-state index in [1.807, 2.05) is 31.2 Å². The van der Waals surface area contributed by atoms with Gasteiger partial charge in [0.25, 0.3) is 0 Å². The van der Waals surface area contributed by atoms with E-state index >= 15 is 0 Å². The second kappa shape index (κ2) is 5.94. The van der Waals surface area contributed by atoms with Crippen LogP contribution in [0.5, 0.6) is 5.75 Å². The zero-order valence-electron chi connectivity index (χ0n) is 8.56. The number of aliphatic hydroxyl groups is 1. The Bertz CT molecular complexity index is 276. The molecule has 0 saturated heterocycles. The van der Waals surface area contributed by atoms with Gasteiger partial charge in [0.15, 0.2) is 0 Å². The van der Waals surface area contributed by atoms with Crippen molar-refractivity contribution in [3.8, 4) is 5.75 Å². The standard InChI is InChI=1S/C11H16O2S/c1-3-9(12)8-14-11-7-5-4-6-10(11)13-2/h4-7,9,12H,3,8H2,1-2H3. The number of hydrogen-bond acceptors (Lipinski definition) is 3. The van der Waals surface area contributed by atoms with Crippen LogP contribution in [0.1, 0.15) is 13.3 Å². The molecule has 0 spiro atoms. The van der Waals surface area contributed by atoms with Crippen molar-refractivity contribution in [2.75, 3.05) is 12.9 Å². The van der Waals surface area contributed by atoms with E-state index in [2.05, 4.69) is 0 Å². The van der Waals surface area contributed by atoms with Crippen LogP contribution in [-0.2, 0) is 0 Å². The molecule has 14 heavy (non-hydrogen) atoms. The van der Waals surface area contributed by atoms with E-state index in [1.54, 1.807) is 18.9 Å². The fourth-order valence-corrected chi connectivity index (χ4v) is 2.12. The van der Waals surface area contributed by atoms with Crippen molar-refractivity contribution in [3.63, 3.8) is 0 Å². The maximum absolute atomic E-state index is 9.42. The predicted octanol–water partition coefficient (Wildman–Crippen LogP) is 2.56. The predicted molar refractivity (Wildman–Crippen MR) is 60.0 cm³/mol. The fraction of sp³-hybridized carbons (Fsp3) is 0.455. The summed E-state index contributed by atoms with van der Waals surface area (Å²) in [6, 6.07) is 7.86. The van der Waals surface area contributed by atoms with Gasteiger partial charge in [-0.1, -0.05) is 19.1 Å². The largest absolute Gasteiger partial charge is 0.496 e. The summed E-state index contributed by atoms with van der Waals surface area (Å²) in [5.74, 6) is 1.59. The first-order chi connectivity index (χ1) is 6.77. The Kier molecular flexibility index (Phi) is 4.84. The number of hydrogen-bond donors (Lipinski definition) is 1. The lowest BCUT2D eigenvalue weighted by molar-refractivity contribution is 0.195. The number of rotatable bonds is 5. The molecule has 0 fully saturated rings. The Morgan fingerprint density at radius 3 is 2.79 bits per heavy atom. The van der Waals surface area contributed by atoms with E-state index in [9.17, 15) is 5.11 Å². The molecule has 3 heteroatoms. The molecule has 78 valence electrons. The van der Waals surface area contributed by atoms with Crippen molar-refractivity contribution in [1.29, 1.82) is 0 Å². The highest BCUT2D eigenvalue weighted by molar-refractivity contribution is 7.99. The molecule has 0 radical (unpaired) electrons. The van der Waals surface area contributed by atoms with Crippen LogP contribution in [0.2, 0.25) is 0 Å². The average Bonchev–Trinajstić information content (AvgIpc) is 2.26. The molecular weight excluding hydrogens is 196 g/mol. The Morgan fingerprint density at radius 2 is 2.14 bits per heavy atom. The van der Waals surface area contributed by atoms with Crippen molar-refractivity contribution in [1.82, 2.24) is 0 Å². The molecule has 1 unspecified atom stereocenters. The van der Waals surface area contributed by atoms with Gasteiger partial charge in [-0.15, -0.1) is 11.8 Å². The van der Waals surface area contributed by atoms with E-state index in [-0.39, 0.29) is 6.10 Å². The summed E-state index contributed by atoms with van der Waals surface area (Å²) in [4.78, 5) is 1.09. The van der Waals surface area contributed by atoms with Gasteiger partial charge in [-0.2, -0.15) is 0 Å². The van der Waals surface area contributed by atoms with Crippen LogP contribution >= 0.6 is 11.8 Å². The quantitative estimate of drug-likeness (QED) is 0.761. The Morgan fingerprint density at radius 1 is 1.43 bits per heavy atom. The number of ether oxygens (including phenoxy) is 1. The highest BCUT2D eigenvalue weighted by atomic mass is 32.2. The van der Waals surface area contributed by atoms with Crippen LogP contribution in [-0.4, -0.2) is 24.1 Å². The van der Waals surface area contributed by atoms with Crippen molar-refractivity contribution in [2.45, 2.75) is 24.3 Å². The van der Waals surface area contributed by atoms with Crippen LogP contribution in [0.25, 0.3) is 0 Å². The first kappa shape index (κ1) is 11.4. The summed E-state index contributed by atoms with van der Waals surface area (Å²) in [5.41, 5.74) is 0. The molecule has 1 aromatic carbocycles. The molecule has 0 bridgehead atoms. The summed E-state index contributed by atoms with van der Waals surface area (Å²) in [5, 5.41) is 9.42. The zero-order chi connectivity index (χ0) is 10.4. The van der Waals surface area contributed by atoms with Crippen LogP contribution in [0, 0.1) is 0 Å². The number of benzene rings is 1. The van der Waals surface area contributed by atoms with Gasteiger partial charge < -0.3 is 9.84 Å². The van der Waals surface area contributed by atoms with Gasteiger partial charge in [0.1, 0.15) is 5.75 Å². The number of thioether (sulfide) groups is 1. The summed E-state index contributed by atoms with van der Waals surface area (Å²) in [7, 11) is 1.66. The van der Waals surface area contributed by atoms with E-state index in [0.717, 1.165) is 22.8 Å². The summed E-state index contributed by atoms with van der Waals surface area (Å²) < 4.78 is 5.21. The maximum atomic E-state index is 9.42. The molecular formula is C11H16O2S. The lowest BCUT2D eigenvalue weighted by atomic mass is 10.3. The second-order valence-electron chi connectivity index (χ2n) is 3.02. The fourth-order valence-electron chi connectivity index (χ4n) is 1.04. The van der Waals surface area contributed by atoms with Crippen molar-refractivity contribution in [2.24, 2.45) is 0 Å². The smallest absolute Gasteiger partial charge is 0.132 e. The number of methoxy groups -OCH3 is 1. The maximum Gasteiger partial charge on any atom is 0.132 e. The monoisotopic (exact) mass is 212 g/mol. The molecule has 0 aliphatic heterocycles. The molecule has 0 heterocycles. The van der Waals surface area contributed by atoms with Gasteiger partial charge >= 0.3 is 0 Å². The third-order valence-corrected chi connectivity index (χ3v) is 3.17. The minimum absolute atomic E-state index is 0.232. The molecule has 1 rings (SSSR count). The van der Waals surface area contributed by atoms with Crippen molar-refractivity contribution < 1.29 is 9.84 Å². The minimum atomic E-state index is -0.232. The lowest BCUT2D eigenvalue weighted by Crippen LogP contribution is -2.07. The zero-order valence-corrected chi connectivity index (χ0v) is 9.38. The normalized spacial score (nSPS) is 12.5. The van der Waals surface area contributed by atoms with Gasteiger partial charge in [-0.3, -0.25) is 0 Å². The van der Waals surface area contributed by atoms with Gasteiger partial charge in [-0.05, 0) is 18.6 Å². The SMILES string of the molecule is CCC(O)CSc1ccccc1OC. The van der Waals surface area contributed by atoms with Gasteiger partial charge in [0, 0.05) is 10.6 Å². The first-order valence-corrected chi connectivity index (χ1v) is 5.70. The molecule has 1 aromatic rings. The highest BCUT2D eigenvalue weighted by Crippen LogP contribution is 2.29. The summed E-state index contributed by atoms with van der Waals surface area (Å²) in [6.45, 7) is 1.98. The lowest BCUT2D eigenvalue weighted by Gasteiger charge is -2.09. The molecule has 0 saturated carbocycles. The molecule has 0 amide bonds. The Labute approximate surface area is 89.3 Å². The van der Waals surface area contributed by atoms with Gasteiger partial charge in [0.05, 0.1) is 13.2 Å². The van der Waals surface area contributed by atoms with E-state index in [0.29, 0.717) is 0 Å².